The van der Waals surface area contributed by atoms with Crippen LogP contribution in [0.1, 0.15) is 36.3 Å². The molecule has 0 saturated heterocycles. The van der Waals surface area contributed by atoms with Crippen molar-refractivity contribution < 1.29 is 14.7 Å². The van der Waals surface area contributed by atoms with Gasteiger partial charge in [-0.1, -0.05) is 53.5 Å². The number of carboxylic acid groups (broad SMARTS) is 1. The van der Waals surface area contributed by atoms with Gasteiger partial charge in [0.15, 0.2) is 5.78 Å². The summed E-state index contributed by atoms with van der Waals surface area (Å²) in [6, 6.07) is 14.9. The van der Waals surface area contributed by atoms with E-state index in [9.17, 15) is 14.7 Å². The van der Waals surface area contributed by atoms with Crippen LogP contribution in [0.15, 0.2) is 53.0 Å². The first-order chi connectivity index (χ1) is 14.6. The molecule has 1 heterocycles. The van der Waals surface area contributed by atoms with Crippen LogP contribution < -0.4 is 5.32 Å². The van der Waals surface area contributed by atoms with Crippen LogP contribution in [-0.4, -0.2) is 21.4 Å². The molecule has 2 aromatic carbocycles. The smallest absolute Gasteiger partial charge is 0.323 e. The lowest BCUT2D eigenvalue weighted by molar-refractivity contribution is -0.137. The van der Waals surface area contributed by atoms with E-state index in [1.807, 2.05) is 50.2 Å². The fourth-order valence-corrected chi connectivity index (χ4v) is 4.60. The lowest BCUT2D eigenvalue weighted by Crippen LogP contribution is -2.29. The number of hydrogen-bond acceptors (Lipinski definition) is 3. The third-order valence-corrected chi connectivity index (χ3v) is 6.24. The average Bonchev–Trinajstić information content (AvgIpc) is 2.96. The van der Waals surface area contributed by atoms with E-state index in [-0.39, 0.29) is 17.7 Å². The van der Waals surface area contributed by atoms with Gasteiger partial charge < -0.3 is 15.0 Å². The van der Waals surface area contributed by atoms with Crippen molar-refractivity contribution in [1.29, 1.82) is 0 Å². The molecule has 1 aliphatic rings. The van der Waals surface area contributed by atoms with Gasteiger partial charge in [-0.15, -0.1) is 0 Å². The summed E-state index contributed by atoms with van der Waals surface area (Å²) < 4.78 is 2.71. The van der Waals surface area contributed by atoms with E-state index in [2.05, 4.69) is 21.2 Å². The summed E-state index contributed by atoms with van der Waals surface area (Å²) in [5, 5.41) is 13.6. The second-order valence-electron chi connectivity index (χ2n) is 8.60. The lowest BCUT2D eigenvalue weighted by Gasteiger charge is -2.29. The number of nitrogens with one attached hydrogen (secondary N) is 1. The quantitative estimate of drug-likeness (QED) is 0.416. The summed E-state index contributed by atoms with van der Waals surface area (Å²) in [5.74, 6) is -0.941. The van der Waals surface area contributed by atoms with Crippen LogP contribution in [0, 0.1) is 5.41 Å². The first-order valence-corrected chi connectivity index (χ1v) is 11.1. The van der Waals surface area contributed by atoms with Crippen molar-refractivity contribution in [2.75, 3.05) is 5.32 Å². The molecule has 7 heteroatoms. The molecular formula is C24H22BrClN2O3. The maximum absolute atomic E-state index is 13.3. The van der Waals surface area contributed by atoms with Gasteiger partial charge in [0.05, 0.1) is 16.9 Å². The van der Waals surface area contributed by atoms with Crippen molar-refractivity contribution in [3.05, 3.63) is 69.3 Å². The van der Waals surface area contributed by atoms with E-state index in [1.165, 1.54) is 0 Å². The molecule has 0 unspecified atom stereocenters. The number of anilines is 2. The van der Waals surface area contributed by atoms with Crippen molar-refractivity contribution >= 4 is 50.7 Å². The molecule has 160 valence electrons. The number of nitrogens with zero attached hydrogens (tertiary/aromatic N) is 1. The molecule has 1 aliphatic carbocycles. The topological polar surface area (TPSA) is 71.3 Å². The Morgan fingerprint density at radius 3 is 2.39 bits per heavy atom. The highest BCUT2D eigenvalue weighted by Gasteiger charge is 2.38. The normalized spacial score (nSPS) is 14.9. The second-order valence-corrected chi connectivity index (χ2v) is 9.96. The molecule has 0 atom stereocenters. The number of hydrogen-bond donors (Lipinski definition) is 2. The predicted octanol–water partition coefficient (Wildman–Crippen LogP) is 6.55. The summed E-state index contributed by atoms with van der Waals surface area (Å²) >= 11 is 9.53. The average molecular weight is 502 g/mol. The molecule has 5 nitrogen and oxygen atoms in total. The van der Waals surface area contributed by atoms with Crippen molar-refractivity contribution in [1.82, 2.24) is 4.57 Å². The third kappa shape index (κ3) is 4.41. The Morgan fingerprint density at radius 2 is 1.77 bits per heavy atom. The van der Waals surface area contributed by atoms with E-state index in [0.717, 1.165) is 21.4 Å². The number of benzene rings is 2. The van der Waals surface area contributed by atoms with Crippen molar-refractivity contribution in [3.63, 3.8) is 0 Å². The maximum atomic E-state index is 13.3. The highest BCUT2D eigenvalue weighted by molar-refractivity contribution is 9.10. The molecule has 0 spiro atoms. The van der Waals surface area contributed by atoms with E-state index in [0.29, 0.717) is 34.8 Å². The minimum Gasteiger partial charge on any atom is -0.480 e. The van der Waals surface area contributed by atoms with Gasteiger partial charge in [-0.25, -0.2) is 0 Å². The number of fused-ring (bicyclic) bond motifs is 1. The van der Waals surface area contributed by atoms with Crippen LogP contribution in [0.2, 0.25) is 5.02 Å². The first kappa shape index (κ1) is 21.7. The summed E-state index contributed by atoms with van der Waals surface area (Å²) in [4.78, 5) is 25.1. The zero-order chi connectivity index (χ0) is 22.3. The Bertz CT molecular complexity index is 1170. The molecule has 3 aromatic rings. The minimum atomic E-state index is -0.959. The summed E-state index contributed by atoms with van der Waals surface area (Å²) in [5.41, 5.74) is 4.02. The number of carbonyl (C=O) groups excluding carboxylic acids is 1. The number of aliphatic carboxylic acids is 1. The van der Waals surface area contributed by atoms with E-state index < -0.39 is 5.97 Å². The minimum absolute atomic E-state index is 0.0187. The fourth-order valence-electron chi connectivity index (χ4n) is 4.21. The van der Waals surface area contributed by atoms with Gasteiger partial charge in [0.1, 0.15) is 6.54 Å². The molecule has 1 aromatic heterocycles. The van der Waals surface area contributed by atoms with Gasteiger partial charge in [0.25, 0.3) is 0 Å². The van der Waals surface area contributed by atoms with Crippen molar-refractivity contribution in [3.8, 4) is 11.3 Å². The Labute approximate surface area is 194 Å². The van der Waals surface area contributed by atoms with Crippen molar-refractivity contribution in [2.24, 2.45) is 5.41 Å². The Morgan fingerprint density at radius 1 is 1.13 bits per heavy atom. The van der Waals surface area contributed by atoms with Crippen molar-refractivity contribution in [2.45, 2.75) is 33.2 Å². The van der Waals surface area contributed by atoms with Crippen LogP contribution in [0.3, 0.4) is 0 Å². The van der Waals surface area contributed by atoms with Gasteiger partial charge >= 0.3 is 5.97 Å². The van der Waals surface area contributed by atoms with Crippen LogP contribution in [0.25, 0.3) is 11.3 Å². The second kappa shape index (κ2) is 8.17. The largest absolute Gasteiger partial charge is 0.480 e. The zero-order valence-corrected chi connectivity index (χ0v) is 19.5. The van der Waals surface area contributed by atoms with E-state index in [4.69, 9.17) is 11.6 Å². The molecule has 0 aliphatic heterocycles. The highest BCUT2D eigenvalue weighted by atomic mass is 79.9. The van der Waals surface area contributed by atoms with Crippen LogP contribution in [-0.2, 0) is 17.8 Å². The molecule has 0 fully saturated rings. The Balaban J connectivity index is 1.99. The summed E-state index contributed by atoms with van der Waals surface area (Å²) in [6.07, 6.45) is 1.02. The van der Waals surface area contributed by atoms with E-state index in [1.54, 1.807) is 16.7 Å². The monoisotopic (exact) mass is 500 g/mol. The number of halogens is 2. The molecular weight excluding hydrogens is 480 g/mol. The molecule has 0 bridgehead atoms. The first-order valence-electron chi connectivity index (χ1n) is 9.93. The molecule has 0 radical (unpaired) electrons. The van der Waals surface area contributed by atoms with Crippen LogP contribution in [0.5, 0.6) is 0 Å². The number of Topliss-reactive ketones (excluding diaryl/α,β-unsaturated/α-hetero) is 1. The summed E-state index contributed by atoms with van der Waals surface area (Å²) in [7, 11) is 0. The lowest BCUT2D eigenvalue weighted by atomic mass is 9.76. The van der Waals surface area contributed by atoms with Gasteiger partial charge in [0.2, 0.25) is 0 Å². The number of rotatable bonds is 5. The number of carboxylic acids is 1. The van der Waals surface area contributed by atoms with Crippen LogP contribution >= 0.6 is 27.5 Å². The molecule has 2 N–H and O–H groups in total. The number of carbonyl (C=O) groups is 2. The number of ketones is 1. The van der Waals surface area contributed by atoms with Gasteiger partial charge in [-0.2, -0.15) is 0 Å². The molecule has 0 amide bonds. The standard InChI is InChI=1S/C24H22BrClN2O3/c1-24(2)11-18-21(19(29)12-24)22(27-17-9-5-15(25)6-10-17)23(28(18)13-20(30)31)14-3-7-16(26)8-4-14/h3-10,27H,11-13H2,1-2H3,(H,30,31). The third-order valence-electron chi connectivity index (χ3n) is 5.46. The van der Waals surface area contributed by atoms with Gasteiger partial charge in [0, 0.05) is 32.9 Å². The summed E-state index contributed by atoms with van der Waals surface area (Å²) in [6.45, 7) is 3.84. The molecule has 0 saturated carbocycles. The Kier molecular flexibility index (Phi) is 5.71. The fraction of sp³-hybridized carbons (Fsp3) is 0.250. The molecule has 31 heavy (non-hydrogen) atoms. The SMILES string of the molecule is CC1(C)CC(=O)c2c(Nc3ccc(Br)cc3)c(-c3ccc(Cl)cc3)n(CC(=O)O)c2C1. The Hall–Kier alpha value is -2.57. The zero-order valence-electron chi connectivity index (χ0n) is 17.2. The predicted molar refractivity (Wildman–Crippen MR) is 126 cm³/mol. The molecule has 4 rings (SSSR count). The van der Waals surface area contributed by atoms with E-state index >= 15 is 0 Å². The van der Waals surface area contributed by atoms with Gasteiger partial charge in [-0.3, -0.25) is 9.59 Å². The highest BCUT2D eigenvalue weighted by Crippen LogP contribution is 2.45. The van der Waals surface area contributed by atoms with Crippen LogP contribution in [0.4, 0.5) is 11.4 Å². The maximum Gasteiger partial charge on any atom is 0.323 e. The van der Waals surface area contributed by atoms with Gasteiger partial charge in [-0.05, 0) is 48.2 Å². The number of aromatic nitrogens is 1.